The number of nitrogens with zero attached hydrogens (tertiary/aromatic N) is 2. The van der Waals surface area contributed by atoms with Gasteiger partial charge in [0.15, 0.2) is 0 Å². The first-order chi connectivity index (χ1) is 19.5. The summed E-state index contributed by atoms with van der Waals surface area (Å²) in [6.45, 7) is 4.19. The van der Waals surface area contributed by atoms with Gasteiger partial charge >= 0.3 is 0 Å². The number of piperazine rings is 1. The van der Waals surface area contributed by atoms with E-state index in [1.54, 1.807) is 4.90 Å². The predicted octanol–water partition coefficient (Wildman–Crippen LogP) is 5.69. The van der Waals surface area contributed by atoms with Gasteiger partial charge in [0.05, 0.1) is 49.4 Å². The Hall–Kier alpha value is -3.06. The van der Waals surface area contributed by atoms with E-state index in [0.717, 1.165) is 53.9 Å². The van der Waals surface area contributed by atoms with Gasteiger partial charge in [0.25, 0.3) is 11.8 Å². The SMILES string of the molecule is O=C(c1ccc(C=C2Sc3ccccc3N(Cc3cccc(Cl)c3)C2=O)cc1)N1CC[NH+](C2CCCCC2)CC1. The minimum Gasteiger partial charge on any atom is -0.330 e. The van der Waals surface area contributed by atoms with E-state index in [1.807, 2.05) is 88.7 Å². The molecule has 206 valence electrons. The molecule has 2 amide bonds. The van der Waals surface area contributed by atoms with E-state index in [4.69, 9.17) is 11.6 Å². The van der Waals surface area contributed by atoms with E-state index in [1.165, 1.54) is 43.9 Å². The molecule has 3 aromatic rings. The highest BCUT2D eigenvalue weighted by Gasteiger charge is 2.31. The fraction of sp³-hybridized carbons (Fsp3) is 0.333. The number of carbonyl (C=O) groups is 2. The summed E-state index contributed by atoms with van der Waals surface area (Å²) in [7, 11) is 0. The van der Waals surface area contributed by atoms with E-state index >= 15 is 0 Å². The van der Waals surface area contributed by atoms with Crippen LogP contribution in [0.3, 0.4) is 0 Å². The predicted molar refractivity (Wildman–Crippen MR) is 163 cm³/mol. The van der Waals surface area contributed by atoms with Crippen molar-refractivity contribution in [3.8, 4) is 0 Å². The Morgan fingerprint density at radius 1 is 0.950 bits per heavy atom. The van der Waals surface area contributed by atoms with E-state index in [-0.39, 0.29) is 11.8 Å². The Morgan fingerprint density at radius 2 is 1.70 bits per heavy atom. The molecule has 2 heterocycles. The molecule has 1 saturated carbocycles. The summed E-state index contributed by atoms with van der Waals surface area (Å²) in [5.74, 6) is 0.0637. The van der Waals surface area contributed by atoms with E-state index < -0.39 is 0 Å². The summed E-state index contributed by atoms with van der Waals surface area (Å²) in [4.78, 5) is 34.1. The molecule has 5 nitrogen and oxygen atoms in total. The van der Waals surface area contributed by atoms with Crippen molar-refractivity contribution in [1.29, 1.82) is 0 Å². The Balaban J connectivity index is 1.15. The first-order valence-electron chi connectivity index (χ1n) is 14.3. The first kappa shape index (κ1) is 27.1. The molecule has 2 aliphatic heterocycles. The Morgan fingerprint density at radius 3 is 2.45 bits per heavy atom. The molecule has 2 fully saturated rings. The fourth-order valence-corrected chi connectivity index (χ4v) is 7.48. The van der Waals surface area contributed by atoms with Gasteiger partial charge in [0, 0.05) is 15.5 Å². The molecule has 6 rings (SSSR count). The van der Waals surface area contributed by atoms with Gasteiger partial charge in [-0.1, -0.05) is 66.2 Å². The van der Waals surface area contributed by atoms with Crippen molar-refractivity contribution in [2.45, 2.75) is 49.6 Å². The van der Waals surface area contributed by atoms with Crippen LogP contribution in [0.5, 0.6) is 0 Å². The number of hydrogen-bond acceptors (Lipinski definition) is 3. The average Bonchev–Trinajstić information content (AvgIpc) is 3.00. The molecule has 7 heteroatoms. The number of amides is 2. The van der Waals surface area contributed by atoms with Crippen LogP contribution in [-0.2, 0) is 11.3 Å². The van der Waals surface area contributed by atoms with Gasteiger partial charge < -0.3 is 14.7 Å². The molecule has 0 radical (unpaired) electrons. The zero-order valence-electron chi connectivity index (χ0n) is 22.7. The standard InChI is InChI=1S/C33H34ClN3O2S/c34-27-8-6-7-25(21-27)23-37-29-11-4-5-12-30(29)40-31(33(37)39)22-24-13-15-26(16-14-24)32(38)36-19-17-35(18-20-36)28-9-2-1-3-10-28/h4-8,11-16,21-22,28H,1-3,9-10,17-20,23H2/p+1. The quantitative estimate of drug-likeness (QED) is 0.399. The number of carbonyl (C=O) groups excluding carboxylic acids is 2. The normalized spacial score (nSPS) is 19.6. The van der Waals surface area contributed by atoms with Crippen molar-refractivity contribution in [2.24, 2.45) is 0 Å². The Kier molecular flexibility index (Phi) is 8.28. The highest BCUT2D eigenvalue weighted by Crippen LogP contribution is 2.42. The molecule has 40 heavy (non-hydrogen) atoms. The molecule has 1 N–H and O–H groups in total. The summed E-state index contributed by atoms with van der Waals surface area (Å²) in [5, 5.41) is 0.655. The Labute approximate surface area is 245 Å². The maximum absolute atomic E-state index is 13.6. The molecule has 0 aromatic heterocycles. The number of nitrogens with one attached hydrogen (secondary N) is 1. The molecule has 1 saturated heterocycles. The monoisotopic (exact) mass is 572 g/mol. The molecule has 3 aromatic carbocycles. The Bertz CT molecular complexity index is 1410. The van der Waals surface area contributed by atoms with Crippen LogP contribution in [0.1, 0.15) is 53.6 Å². The highest BCUT2D eigenvalue weighted by molar-refractivity contribution is 8.04. The second-order valence-corrected chi connectivity index (χ2v) is 12.5. The van der Waals surface area contributed by atoms with Gasteiger partial charge in [-0.25, -0.2) is 0 Å². The van der Waals surface area contributed by atoms with Gasteiger partial charge in [-0.05, 0) is 79.3 Å². The second kappa shape index (κ2) is 12.2. The molecule has 0 unspecified atom stereocenters. The third-order valence-corrected chi connectivity index (χ3v) is 9.71. The zero-order valence-corrected chi connectivity index (χ0v) is 24.2. The minimum absolute atomic E-state index is 0.0397. The van der Waals surface area contributed by atoms with Crippen molar-refractivity contribution in [1.82, 2.24) is 4.90 Å². The third kappa shape index (κ3) is 5.99. The first-order valence-corrected chi connectivity index (χ1v) is 15.5. The molecular formula is C33H35ClN3O2S+. The lowest BCUT2D eigenvalue weighted by Gasteiger charge is -2.38. The average molecular weight is 573 g/mol. The molecule has 0 atom stereocenters. The van der Waals surface area contributed by atoms with Crippen molar-refractivity contribution < 1.29 is 14.5 Å². The van der Waals surface area contributed by atoms with Gasteiger partial charge in [-0.2, -0.15) is 0 Å². The van der Waals surface area contributed by atoms with Crippen LogP contribution in [-0.4, -0.2) is 48.9 Å². The second-order valence-electron chi connectivity index (χ2n) is 11.0. The van der Waals surface area contributed by atoms with E-state index in [9.17, 15) is 9.59 Å². The lowest BCUT2D eigenvalue weighted by atomic mass is 9.94. The number of benzene rings is 3. The zero-order chi connectivity index (χ0) is 27.5. The maximum Gasteiger partial charge on any atom is 0.265 e. The smallest absolute Gasteiger partial charge is 0.265 e. The summed E-state index contributed by atoms with van der Waals surface area (Å²) < 4.78 is 0. The lowest BCUT2D eigenvalue weighted by molar-refractivity contribution is -0.930. The minimum atomic E-state index is -0.0397. The number of anilines is 1. The molecule has 3 aliphatic rings. The van der Waals surface area contributed by atoms with Crippen LogP contribution in [0.15, 0.2) is 82.6 Å². The molecule has 1 aliphatic carbocycles. The lowest BCUT2D eigenvalue weighted by Crippen LogP contribution is -3.18. The molecule has 0 bridgehead atoms. The number of hydrogen-bond donors (Lipinski definition) is 1. The molecule has 0 spiro atoms. The number of quaternary nitrogens is 1. The summed E-state index contributed by atoms with van der Waals surface area (Å²) in [6, 6.07) is 24.1. The van der Waals surface area contributed by atoms with Crippen LogP contribution < -0.4 is 9.80 Å². The van der Waals surface area contributed by atoms with Crippen LogP contribution in [0, 0.1) is 0 Å². The number of para-hydroxylation sites is 1. The third-order valence-electron chi connectivity index (χ3n) is 8.39. The van der Waals surface area contributed by atoms with Crippen molar-refractivity contribution >= 4 is 46.9 Å². The number of halogens is 1. The summed E-state index contributed by atoms with van der Waals surface area (Å²) in [6.07, 6.45) is 8.69. The van der Waals surface area contributed by atoms with Crippen LogP contribution in [0.25, 0.3) is 6.08 Å². The van der Waals surface area contributed by atoms with Gasteiger partial charge in [-0.15, -0.1) is 0 Å². The maximum atomic E-state index is 13.6. The van der Waals surface area contributed by atoms with Gasteiger partial charge in [0.1, 0.15) is 0 Å². The van der Waals surface area contributed by atoms with Crippen molar-refractivity contribution in [3.63, 3.8) is 0 Å². The van der Waals surface area contributed by atoms with Crippen LogP contribution in [0.2, 0.25) is 5.02 Å². The number of fused-ring (bicyclic) bond motifs is 1. The van der Waals surface area contributed by atoms with E-state index in [0.29, 0.717) is 22.0 Å². The fourth-order valence-electron chi connectivity index (χ4n) is 6.21. The van der Waals surface area contributed by atoms with Crippen LogP contribution >= 0.6 is 23.4 Å². The highest BCUT2D eigenvalue weighted by atomic mass is 35.5. The number of thioether (sulfide) groups is 1. The topological polar surface area (TPSA) is 45.1 Å². The molecular weight excluding hydrogens is 538 g/mol. The van der Waals surface area contributed by atoms with Crippen molar-refractivity contribution in [3.05, 3.63) is 99.4 Å². The van der Waals surface area contributed by atoms with Gasteiger partial charge in [-0.3, -0.25) is 9.59 Å². The van der Waals surface area contributed by atoms with Gasteiger partial charge in [0.2, 0.25) is 0 Å². The van der Waals surface area contributed by atoms with Crippen LogP contribution in [0.4, 0.5) is 5.69 Å². The van der Waals surface area contributed by atoms with E-state index in [2.05, 4.69) is 0 Å². The largest absolute Gasteiger partial charge is 0.330 e. The summed E-state index contributed by atoms with van der Waals surface area (Å²) >= 11 is 7.70. The number of rotatable bonds is 5. The summed E-state index contributed by atoms with van der Waals surface area (Å²) in [5.41, 5.74) is 3.49. The van der Waals surface area contributed by atoms with Crippen molar-refractivity contribution in [2.75, 3.05) is 31.1 Å².